The third-order valence-electron chi connectivity index (χ3n) is 3.10. The molecule has 0 bridgehead atoms. The maximum atomic E-state index is 6.01. The molecule has 0 saturated carbocycles. The van der Waals surface area contributed by atoms with Crippen LogP contribution in [0.25, 0.3) is 11.3 Å². The first kappa shape index (κ1) is 15.4. The lowest BCUT2D eigenvalue weighted by Gasteiger charge is -2.11. The van der Waals surface area contributed by atoms with Crippen molar-refractivity contribution in [2.45, 2.75) is 6.42 Å². The van der Waals surface area contributed by atoms with Crippen LogP contribution < -0.4 is 16.0 Å². The molecule has 3 N–H and O–H groups in total. The van der Waals surface area contributed by atoms with Gasteiger partial charge in [0.05, 0.1) is 0 Å². The molecule has 2 heterocycles. The highest BCUT2D eigenvalue weighted by molar-refractivity contribution is 6.30. The van der Waals surface area contributed by atoms with E-state index in [9.17, 15) is 0 Å². The molecule has 0 atom stereocenters. The van der Waals surface area contributed by atoms with Crippen molar-refractivity contribution < 1.29 is 4.63 Å². The molecular formula is C14H16ClN7O. The number of rotatable bonds is 7. The average molecular weight is 334 g/mol. The molecule has 0 amide bonds. The minimum absolute atomic E-state index is 0.343. The van der Waals surface area contributed by atoms with Crippen LogP contribution in [0, 0.1) is 0 Å². The van der Waals surface area contributed by atoms with Crippen LogP contribution in [-0.2, 0) is 0 Å². The molecule has 1 aromatic carbocycles. The minimum Gasteiger partial charge on any atom is -0.367 e. The number of nitrogens with zero attached hydrogens (tertiary/aromatic N) is 4. The van der Waals surface area contributed by atoms with Crippen LogP contribution in [0.3, 0.4) is 0 Å². The van der Waals surface area contributed by atoms with E-state index in [-0.39, 0.29) is 0 Å². The first-order valence-corrected chi connectivity index (χ1v) is 7.55. The smallest absolute Gasteiger partial charge is 0.245 e. The van der Waals surface area contributed by atoms with Gasteiger partial charge < -0.3 is 16.0 Å². The zero-order chi connectivity index (χ0) is 16.1. The van der Waals surface area contributed by atoms with Crippen molar-refractivity contribution in [2.75, 3.05) is 30.8 Å². The molecule has 8 nitrogen and oxygen atoms in total. The lowest BCUT2D eigenvalue weighted by atomic mass is 10.3. The van der Waals surface area contributed by atoms with E-state index in [2.05, 4.69) is 40.9 Å². The Morgan fingerprint density at radius 3 is 2.61 bits per heavy atom. The van der Waals surface area contributed by atoms with Crippen molar-refractivity contribution in [3.8, 4) is 0 Å². The zero-order valence-electron chi connectivity index (χ0n) is 12.5. The summed E-state index contributed by atoms with van der Waals surface area (Å²) in [7, 11) is 1.92. The Labute approximate surface area is 137 Å². The molecule has 120 valence electrons. The highest BCUT2D eigenvalue weighted by Gasteiger charge is 2.12. The lowest BCUT2D eigenvalue weighted by molar-refractivity contribution is 0.314. The third-order valence-corrected chi connectivity index (χ3v) is 3.33. The number of anilines is 3. The predicted octanol–water partition coefficient (Wildman–Crippen LogP) is 2.43. The van der Waals surface area contributed by atoms with Crippen molar-refractivity contribution in [2.24, 2.45) is 0 Å². The molecule has 0 aliphatic heterocycles. The van der Waals surface area contributed by atoms with Crippen molar-refractivity contribution >= 4 is 40.2 Å². The fraction of sp³-hybridized carbons (Fsp3) is 0.286. The molecule has 3 rings (SSSR count). The Morgan fingerprint density at radius 1 is 1.09 bits per heavy atom. The maximum absolute atomic E-state index is 6.01. The van der Waals surface area contributed by atoms with Crippen LogP contribution >= 0.6 is 11.6 Å². The maximum Gasteiger partial charge on any atom is 0.245 e. The van der Waals surface area contributed by atoms with Gasteiger partial charge in [0.2, 0.25) is 11.3 Å². The topological polar surface area (TPSA) is 101 Å². The van der Waals surface area contributed by atoms with Crippen molar-refractivity contribution in [3.05, 3.63) is 29.3 Å². The lowest BCUT2D eigenvalue weighted by Crippen LogP contribution is -2.14. The molecular weight excluding hydrogens is 318 g/mol. The minimum atomic E-state index is 0.343. The van der Waals surface area contributed by atoms with Gasteiger partial charge in [0, 0.05) is 17.3 Å². The molecule has 0 spiro atoms. The first-order valence-electron chi connectivity index (χ1n) is 7.17. The van der Waals surface area contributed by atoms with Crippen LogP contribution in [0.4, 0.5) is 17.3 Å². The summed E-state index contributed by atoms with van der Waals surface area (Å²) in [5, 5.41) is 17.6. The second-order valence-corrected chi connectivity index (χ2v) is 5.29. The highest BCUT2D eigenvalue weighted by Crippen LogP contribution is 2.25. The summed E-state index contributed by atoms with van der Waals surface area (Å²) in [6, 6.07) is 7.36. The van der Waals surface area contributed by atoms with Crippen LogP contribution in [0.1, 0.15) is 6.42 Å². The second kappa shape index (κ2) is 7.21. The van der Waals surface area contributed by atoms with Gasteiger partial charge in [-0.25, -0.2) is 14.6 Å². The molecule has 2 aromatic heterocycles. The Morgan fingerprint density at radius 2 is 1.87 bits per heavy atom. The summed E-state index contributed by atoms with van der Waals surface area (Å²) < 4.78 is 4.68. The van der Waals surface area contributed by atoms with Crippen molar-refractivity contribution in [3.63, 3.8) is 0 Å². The van der Waals surface area contributed by atoms with E-state index in [4.69, 9.17) is 11.6 Å². The Balaban J connectivity index is 1.86. The first-order chi connectivity index (χ1) is 11.3. The zero-order valence-corrected chi connectivity index (χ0v) is 13.3. The van der Waals surface area contributed by atoms with E-state index in [0.717, 1.165) is 25.2 Å². The van der Waals surface area contributed by atoms with Gasteiger partial charge in [0.15, 0.2) is 11.6 Å². The molecule has 0 unspecified atom stereocenters. The van der Waals surface area contributed by atoms with E-state index in [1.807, 2.05) is 19.2 Å². The number of halogens is 1. The molecule has 0 aliphatic rings. The number of aromatic nitrogens is 4. The average Bonchev–Trinajstić information content (AvgIpc) is 2.99. The van der Waals surface area contributed by atoms with Gasteiger partial charge in [0.1, 0.15) is 0 Å². The number of fused-ring (bicyclic) bond motifs is 1. The summed E-state index contributed by atoms with van der Waals surface area (Å²) in [5.41, 5.74) is 1.51. The van der Waals surface area contributed by atoms with E-state index >= 15 is 0 Å². The summed E-state index contributed by atoms with van der Waals surface area (Å²) >= 11 is 6.01. The fourth-order valence-corrected chi connectivity index (χ4v) is 2.21. The number of benzene rings is 1. The summed E-state index contributed by atoms with van der Waals surface area (Å²) in [6.07, 6.45) is 0.948. The molecule has 0 saturated heterocycles. The monoisotopic (exact) mass is 333 g/mol. The molecule has 9 heteroatoms. The number of hydrogen-bond donors (Lipinski definition) is 3. The van der Waals surface area contributed by atoms with E-state index in [0.29, 0.717) is 28.0 Å². The highest BCUT2D eigenvalue weighted by atomic mass is 35.5. The van der Waals surface area contributed by atoms with Gasteiger partial charge in [-0.2, -0.15) is 0 Å². The van der Waals surface area contributed by atoms with Gasteiger partial charge in [-0.05, 0) is 48.5 Å². The van der Waals surface area contributed by atoms with Gasteiger partial charge in [-0.3, -0.25) is 0 Å². The van der Waals surface area contributed by atoms with Crippen LogP contribution in [0.15, 0.2) is 28.9 Å². The van der Waals surface area contributed by atoms with Gasteiger partial charge in [-0.1, -0.05) is 17.7 Å². The molecule has 0 fully saturated rings. The summed E-state index contributed by atoms with van der Waals surface area (Å²) in [5.74, 6) is 1.13. The number of hydrogen-bond acceptors (Lipinski definition) is 8. The molecule has 3 aromatic rings. The predicted molar refractivity (Wildman–Crippen MR) is 89.2 cm³/mol. The van der Waals surface area contributed by atoms with Gasteiger partial charge in [0.25, 0.3) is 0 Å². The van der Waals surface area contributed by atoms with E-state index in [1.54, 1.807) is 12.1 Å². The quantitative estimate of drug-likeness (QED) is 0.567. The van der Waals surface area contributed by atoms with E-state index in [1.165, 1.54) is 0 Å². The van der Waals surface area contributed by atoms with Crippen molar-refractivity contribution in [1.82, 2.24) is 25.6 Å². The Hall–Kier alpha value is -2.45. The second-order valence-electron chi connectivity index (χ2n) is 4.85. The molecule has 23 heavy (non-hydrogen) atoms. The third kappa shape index (κ3) is 3.85. The Bertz CT molecular complexity index is 792. The molecule has 0 aliphatic carbocycles. The Kier molecular flexibility index (Phi) is 4.84. The largest absolute Gasteiger partial charge is 0.367 e. The summed E-state index contributed by atoms with van der Waals surface area (Å²) in [6.45, 7) is 1.65. The SMILES string of the molecule is CNCCCNc1nc2nonc2nc1Nc1cccc(Cl)c1. The van der Waals surface area contributed by atoms with Crippen molar-refractivity contribution in [1.29, 1.82) is 0 Å². The molecule has 0 radical (unpaired) electrons. The van der Waals surface area contributed by atoms with Crippen LogP contribution in [0.5, 0.6) is 0 Å². The summed E-state index contributed by atoms with van der Waals surface area (Å²) in [4.78, 5) is 8.79. The van der Waals surface area contributed by atoms with E-state index < -0.39 is 0 Å². The van der Waals surface area contributed by atoms with Crippen LogP contribution in [0.2, 0.25) is 5.02 Å². The number of nitrogens with one attached hydrogen (secondary N) is 3. The fourth-order valence-electron chi connectivity index (χ4n) is 2.02. The normalized spacial score (nSPS) is 10.9. The standard InChI is InChI=1S/C14H16ClN7O/c1-16-6-3-7-17-11-12(18-10-5-2-4-9(15)8-10)20-14-13(19-11)21-23-22-14/h2,4-5,8,16H,3,6-7H2,1H3,(H,17,19,21)(H,18,20,22). The van der Waals surface area contributed by atoms with Crippen LogP contribution in [-0.4, -0.2) is 40.4 Å². The van der Waals surface area contributed by atoms with Gasteiger partial charge in [-0.15, -0.1) is 0 Å². The van der Waals surface area contributed by atoms with Gasteiger partial charge >= 0.3 is 0 Å².